The number of esters is 1. The third-order valence-corrected chi connectivity index (χ3v) is 6.89. The van der Waals surface area contributed by atoms with E-state index in [2.05, 4.69) is 6.58 Å². The van der Waals surface area contributed by atoms with Crippen LogP contribution in [0.5, 0.6) is 0 Å². The molecule has 0 aliphatic carbocycles. The lowest BCUT2D eigenvalue weighted by Crippen LogP contribution is -2.31. The van der Waals surface area contributed by atoms with E-state index in [9.17, 15) is 13.2 Å². The second-order valence-corrected chi connectivity index (χ2v) is 9.15. The van der Waals surface area contributed by atoms with E-state index in [4.69, 9.17) is 27.9 Å². The maximum absolute atomic E-state index is 13.3. The molecule has 0 heterocycles. The molecule has 0 unspecified atom stereocenters. The van der Waals surface area contributed by atoms with Crippen LogP contribution in [-0.4, -0.2) is 20.9 Å². The number of carbonyl (C=O) groups excluding carboxylic acids is 1. The lowest BCUT2D eigenvalue weighted by Gasteiger charge is -2.23. The minimum atomic E-state index is -3.99. The zero-order valence-corrected chi connectivity index (χ0v) is 18.7. The Morgan fingerprint density at radius 1 is 0.968 bits per heavy atom. The Morgan fingerprint density at radius 3 is 2.32 bits per heavy atom. The number of para-hydroxylation sites is 1. The van der Waals surface area contributed by atoms with Crippen LogP contribution in [-0.2, 0) is 21.4 Å². The fraction of sp³-hybridized carbons (Fsp3) is 0.0870. The Bertz CT molecular complexity index is 1200. The van der Waals surface area contributed by atoms with Gasteiger partial charge in [-0.2, -0.15) is 0 Å². The third-order valence-electron chi connectivity index (χ3n) is 4.40. The van der Waals surface area contributed by atoms with Gasteiger partial charge in [0.2, 0.25) is 0 Å². The van der Waals surface area contributed by atoms with E-state index in [1.807, 2.05) is 0 Å². The zero-order valence-electron chi connectivity index (χ0n) is 16.4. The van der Waals surface area contributed by atoms with Crippen molar-refractivity contribution in [2.75, 3.05) is 10.8 Å². The largest absolute Gasteiger partial charge is 0.457 e. The number of anilines is 1. The van der Waals surface area contributed by atoms with Crippen LogP contribution in [0.4, 0.5) is 5.69 Å². The van der Waals surface area contributed by atoms with Gasteiger partial charge in [-0.15, -0.1) is 6.58 Å². The van der Waals surface area contributed by atoms with E-state index in [0.29, 0.717) is 16.3 Å². The van der Waals surface area contributed by atoms with Gasteiger partial charge >= 0.3 is 5.97 Å². The molecule has 31 heavy (non-hydrogen) atoms. The van der Waals surface area contributed by atoms with Gasteiger partial charge in [0, 0.05) is 10.6 Å². The quantitative estimate of drug-likeness (QED) is 0.308. The van der Waals surface area contributed by atoms with Crippen molar-refractivity contribution in [3.8, 4) is 0 Å². The summed E-state index contributed by atoms with van der Waals surface area (Å²) in [6.45, 7) is 3.63. The highest BCUT2D eigenvalue weighted by molar-refractivity contribution is 7.92. The van der Waals surface area contributed by atoms with Crippen molar-refractivity contribution in [1.29, 1.82) is 0 Å². The lowest BCUT2D eigenvalue weighted by atomic mass is 10.2. The van der Waals surface area contributed by atoms with Crippen LogP contribution in [0.1, 0.15) is 15.9 Å². The number of carbonyl (C=O) groups is 1. The van der Waals surface area contributed by atoms with E-state index < -0.39 is 16.0 Å². The highest BCUT2D eigenvalue weighted by atomic mass is 35.5. The molecule has 0 aliphatic heterocycles. The van der Waals surface area contributed by atoms with Crippen LogP contribution in [0.15, 0.2) is 90.3 Å². The van der Waals surface area contributed by atoms with Gasteiger partial charge in [-0.3, -0.25) is 4.31 Å². The van der Waals surface area contributed by atoms with Crippen LogP contribution in [0.25, 0.3) is 0 Å². The minimum absolute atomic E-state index is 0.0543. The van der Waals surface area contributed by atoms with E-state index in [-0.39, 0.29) is 28.6 Å². The standard InChI is InChI=1S/C23H19Cl2NO4S/c1-2-14-26(18-9-4-3-5-10-18)31(28,29)19-12-13-22(25)20(15-19)23(27)30-16-17-8-6-7-11-21(17)24/h2-13,15H,1,14,16H2. The van der Waals surface area contributed by atoms with Crippen molar-refractivity contribution in [3.63, 3.8) is 0 Å². The summed E-state index contributed by atoms with van der Waals surface area (Å²) >= 11 is 12.2. The highest BCUT2D eigenvalue weighted by Gasteiger charge is 2.26. The molecule has 0 N–H and O–H groups in total. The molecule has 0 bridgehead atoms. The molecular formula is C23H19Cl2NO4S. The van der Waals surface area contributed by atoms with Crippen molar-refractivity contribution in [3.05, 3.63) is 107 Å². The first kappa shape index (κ1) is 22.9. The van der Waals surface area contributed by atoms with Gasteiger partial charge < -0.3 is 4.74 Å². The van der Waals surface area contributed by atoms with Gasteiger partial charge in [0.25, 0.3) is 10.0 Å². The van der Waals surface area contributed by atoms with Gasteiger partial charge in [-0.1, -0.05) is 65.7 Å². The molecule has 0 atom stereocenters. The van der Waals surface area contributed by atoms with Gasteiger partial charge in [0.15, 0.2) is 0 Å². The summed E-state index contributed by atoms with van der Waals surface area (Å²) in [5.74, 6) is -0.753. The number of ether oxygens (including phenoxy) is 1. The van der Waals surface area contributed by atoms with Crippen molar-refractivity contribution in [2.45, 2.75) is 11.5 Å². The fourth-order valence-electron chi connectivity index (χ4n) is 2.84. The first-order valence-electron chi connectivity index (χ1n) is 9.23. The number of rotatable bonds is 8. The summed E-state index contributed by atoms with van der Waals surface area (Å²) in [6, 6.07) is 19.5. The lowest BCUT2D eigenvalue weighted by molar-refractivity contribution is 0.0473. The molecule has 0 spiro atoms. The van der Waals surface area contributed by atoms with Crippen molar-refractivity contribution in [2.24, 2.45) is 0 Å². The van der Waals surface area contributed by atoms with Crippen LogP contribution in [0, 0.1) is 0 Å². The molecule has 8 heteroatoms. The first-order chi connectivity index (χ1) is 14.8. The number of halogens is 2. The molecule has 0 saturated heterocycles. The molecule has 3 rings (SSSR count). The SMILES string of the molecule is C=CCN(c1ccccc1)S(=O)(=O)c1ccc(Cl)c(C(=O)OCc2ccccc2Cl)c1. The second kappa shape index (κ2) is 10.0. The predicted molar refractivity (Wildman–Crippen MR) is 123 cm³/mol. The number of sulfonamides is 1. The maximum atomic E-state index is 13.3. The van der Waals surface area contributed by atoms with Gasteiger partial charge in [-0.05, 0) is 36.4 Å². The third kappa shape index (κ3) is 5.28. The fourth-order valence-corrected chi connectivity index (χ4v) is 4.69. The van der Waals surface area contributed by atoms with Crippen LogP contribution in [0.2, 0.25) is 10.0 Å². The first-order valence-corrected chi connectivity index (χ1v) is 11.4. The van der Waals surface area contributed by atoms with Crippen LogP contribution in [0.3, 0.4) is 0 Å². The van der Waals surface area contributed by atoms with E-state index in [0.717, 1.165) is 0 Å². The average Bonchev–Trinajstić information content (AvgIpc) is 2.77. The number of hydrogen-bond acceptors (Lipinski definition) is 4. The summed E-state index contributed by atoms with van der Waals surface area (Å²) in [5, 5.41) is 0.541. The number of nitrogens with zero attached hydrogens (tertiary/aromatic N) is 1. The molecule has 0 radical (unpaired) electrons. The molecule has 0 amide bonds. The Kier molecular flexibility index (Phi) is 7.38. The van der Waals surface area contributed by atoms with Crippen LogP contribution >= 0.6 is 23.2 Å². The normalized spacial score (nSPS) is 11.0. The molecular weight excluding hydrogens is 457 g/mol. The number of hydrogen-bond donors (Lipinski definition) is 0. The molecule has 0 aromatic heterocycles. The van der Waals surface area contributed by atoms with Crippen molar-refractivity contribution >= 4 is 44.9 Å². The topological polar surface area (TPSA) is 63.7 Å². The Labute approximate surface area is 191 Å². The Balaban J connectivity index is 1.91. The molecule has 5 nitrogen and oxygen atoms in total. The molecule has 3 aromatic carbocycles. The molecule has 0 saturated carbocycles. The number of benzene rings is 3. The monoisotopic (exact) mass is 475 g/mol. The average molecular weight is 476 g/mol. The van der Waals surface area contributed by atoms with Crippen LogP contribution < -0.4 is 4.31 Å². The highest BCUT2D eigenvalue weighted by Crippen LogP contribution is 2.27. The van der Waals surface area contributed by atoms with Gasteiger partial charge in [0.05, 0.1) is 27.7 Å². The zero-order chi connectivity index (χ0) is 22.4. The summed E-state index contributed by atoms with van der Waals surface area (Å²) in [7, 11) is -3.99. The minimum Gasteiger partial charge on any atom is -0.457 e. The van der Waals surface area contributed by atoms with Crippen molar-refractivity contribution < 1.29 is 17.9 Å². The predicted octanol–water partition coefficient (Wildman–Crippen LogP) is 5.73. The summed E-state index contributed by atoms with van der Waals surface area (Å²) < 4.78 is 33.1. The van der Waals surface area contributed by atoms with Gasteiger partial charge in [-0.25, -0.2) is 13.2 Å². The molecule has 3 aromatic rings. The van der Waals surface area contributed by atoms with E-state index >= 15 is 0 Å². The maximum Gasteiger partial charge on any atom is 0.340 e. The summed E-state index contributed by atoms with van der Waals surface area (Å²) in [5.41, 5.74) is 1.04. The van der Waals surface area contributed by atoms with E-state index in [1.54, 1.807) is 54.6 Å². The van der Waals surface area contributed by atoms with Crippen molar-refractivity contribution in [1.82, 2.24) is 0 Å². The molecule has 0 fully saturated rings. The Morgan fingerprint density at radius 2 is 1.65 bits per heavy atom. The van der Waals surface area contributed by atoms with E-state index in [1.165, 1.54) is 28.6 Å². The summed E-state index contributed by atoms with van der Waals surface area (Å²) in [4.78, 5) is 12.5. The summed E-state index contributed by atoms with van der Waals surface area (Å²) in [6.07, 6.45) is 1.49. The Hall–Kier alpha value is -2.80. The smallest absolute Gasteiger partial charge is 0.340 e. The molecule has 160 valence electrons. The van der Waals surface area contributed by atoms with Gasteiger partial charge in [0.1, 0.15) is 6.61 Å². The second-order valence-electron chi connectivity index (χ2n) is 6.47. The molecule has 0 aliphatic rings.